The van der Waals surface area contributed by atoms with Gasteiger partial charge in [-0.3, -0.25) is 0 Å². The summed E-state index contributed by atoms with van der Waals surface area (Å²) >= 11 is 0. The van der Waals surface area contributed by atoms with Crippen molar-refractivity contribution in [1.82, 2.24) is 0 Å². The van der Waals surface area contributed by atoms with Crippen LogP contribution in [0.15, 0.2) is 41.3 Å². The summed E-state index contributed by atoms with van der Waals surface area (Å²) in [6.45, 7) is 1.79. The largest absolute Gasteiger partial charge is 0.491 e. The van der Waals surface area contributed by atoms with E-state index >= 15 is 0 Å². The molecule has 0 unspecified atom stereocenters. The van der Waals surface area contributed by atoms with Crippen LogP contribution in [0.2, 0.25) is 0 Å². The standard InChI is InChI=1S/C17H20BNO6S2/c1-2-26(21,22)11-14-8-15(19)5-6-17(14)27(23,24)10-12-3-4-13-9-25-18(20)16(13)7-12/h3-8,20H,2,9-11,19H2,1H3. The van der Waals surface area contributed by atoms with Gasteiger partial charge in [-0.2, -0.15) is 0 Å². The van der Waals surface area contributed by atoms with E-state index in [1.54, 1.807) is 18.2 Å². The second-order valence-corrected chi connectivity index (χ2v) is 10.8. The molecule has 1 heterocycles. The van der Waals surface area contributed by atoms with Gasteiger partial charge >= 0.3 is 7.12 Å². The predicted octanol–water partition coefficient (Wildman–Crippen LogP) is 0.395. The third-order valence-electron chi connectivity index (χ3n) is 4.46. The molecule has 7 nitrogen and oxygen atoms in total. The van der Waals surface area contributed by atoms with E-state index in [-0.39, 0.29) is 34.3 Å². The van der Waals surface area contributed by atoms with Crippen LogP contribution < -0.4 is 11.2 Å². The number of sulfone groups is 2. The molecule has 3 N–H and O–H groups in total. The normalized spacial score (nSPS) is 14.4. The van der Waals surface area contributed by atoms with E-state index in [2.05, 4.69) is 0 Å². The lowest BCUT2D eigenvalue weighted by Crippen LogP contribution is -2.28. The number of rotatable bonds is 6. The average molecular weight is 409 g/mol. The highest BCUT2D eigenvalue weighted by Crippen LogP contribution is 2.25. The summed E-state index contributed by atoms with van der Waals surface area (Å²) in [6, 6.07) is 9.16. The summed E-state index contributed by atoms with van der Waals surface area (Å²) < 4.78 is 55.0. The first kappa shape index (κ1) is 19.9. The summed E-state index contributed by atoms with van der Waals surface area (Å²) in [7, 11) is -8.31. The van der Waals surface area contributed by atoms with E-state index in [1.807, 2.05) is 0 Å². The fourth-order valence-electron chi connectivity index (χ4n) is 3.01. The molecule has 27 heavy (non-hydrogen) atoms. The Balaban J connectivity index is 1.97. The molecule has 3 rings (SSSR count). The van der Waals surface area contributed by atoms with Crippen molar-refractivity contribution in [3.63, 3.8) is 0 Å². The Morgan fingerprint density at radius 1 is 1.11 bits per heavy atom. The van der Waals surface area contributed by atoms with Crippen molar-refractivity contribution in [2.75, 3.05) is 11.5 Å². The molecule has 0 saturated heterocycles. The van der Waals surface area contributed by atoms with Gasteiger partial charge in [-0.05, 0) is 40.4 Å². The molecule has 10 heteroatoms. The second kappa shape index (κ2) is 7.27. The van der Waals surface area contributed by atoms with Crippen LogP contribution >= 0.6 is 0 Å². The van der Waals surface area contributed by atoms with Crippen molar-refractivity contribution >= 4 is 37.9 Å². The summed E-state index contributed by atoms with van der Waals surface area (Å²) in [6.07, 6.45) is 0. The van der Waals surface area contributed by atoms with Crippen LogP contribution in [-0.2, 0) is 42.4 Å². The maximum absolute atomic E-state index is 13.0. The molecule has 2 aromatic rings. The summed E-state index contributed by atoms with van der Waals surface area (Å²) in [5.74, 6) is -0.806. The molecule has 0 fully saturated rings. The Bertz CT molecular complexity index is 1080. The van der Waals surface area contributed by atoms with Crippen LogP contribution in [0.5, 0.6) is 0 Å². The van der Waals surface area contributed by atoms with Crippen LogP contribution in [0.25, 0.3) is 0 Å². The minimum absolute atomic E-state index is 0.0500. The van der Waals surface area contributed by atoms with Crippen LogP contribution in [0.1, 0.15) is 23.6 Å². The maximum atomic E-state index is 13.0. The molecule has 0 saturated carbocycles. The first-order valence-corrected chi connectivity index (χ1v) is 11.8. The monoisotopic (exact) mass is 409 g/mol. The van der Waals surface area contributed by atoms with Gasteiger partial charge < -0.3 is 15.4 Å². The summed E-state index contributed by atoms with van der Waals surface area (Å²) in [4.78, 5) is -0.0500. The highest BCUT2D eigenvalue weighted by Gasteiger charge is 2.28. The fraction of sp³-hybridized carbons (Fsp3) is 0.294. The van der Waals surface area contributed by atoms with Crippen molar-refractivity contribution in [2.24, 2.45) is 0 Å². The van der Waals surface area contributed by atoms with Crippen molar-refractivity contribution in [2.45, 2.75) is 29.9 Å². The minimum Gasteiger partial charge on any atom is -0.423 e. The number of fused-ring (bicyclic) bond motifs is 1. The average Bonchev–Trinajstić information content (AvgIpc) is 2.95. The fourth-order valence-corrected chi connectivity index (χ4v) is 5.59. The van der Waals surface area contributed by atoms with Crippen molar-refractivity contribution in [3.8, 4) is 0 Å². The van der Waals surface area contributed by atoms with Gasteiger partial charge in [-0.1, -0.05) is 25.1 Å². The maximum Gasteiger partial charge on any atom is 0.491 e. The van der Waals surface area contributed by atoms with Gasteiger partial charge in [0.15, 0.2) is 19.7 Å². The van der Waals surface area contributed by atoms with Crippen LogP contribution in [0, 0.1) is 0 Å². The van der Waals surface area contributed by atoms with Crippen LogP contribution in [0.4, 0.5) is 5.69 Å². The molecule has 1 aliphatic rings. The predicted molar refractivity (Wildman–Crippen MR) is 104 cm³/mol. The van der Waals surface area contributed by atoms with Gasteiger partial charge in [-0.25, -0.2) is 16.8 Å². The van der Waals surface area contributed by atoms with E-state index in [9.17, 15) is 21.9 Å². The van der Waals surface area contributed by atoms with E-state index < -0.39 is 26.8 Å². The third kappa shape index (κ3) is 4.35. The van der Waals surface area contributed by atoms with E-state index in [0.717, 1.165) is 5.56 Å². The van der Waals surface area contributed by atoms with Crippen molar-refractivity contribution in [3.05, 3.63) is 53.1 Å². The number of benzene rings is 2. The van der Waals surface area contributed by atoms with Crippen LogP contribution in [-0.4, -0.2) is 34.7 Å². The Kier molecular flexibility index (Phi) is 5.35. The topological polar surface area (TPSA) is 124 Å². The Morgan fingerprint density at radius 3 is 2.56 bits per heavy atom. The number of hydrogen-bond donors (Lipinski definition) is 2. The SMILES string of the molecule is CCS(=O)(=O)Cc1cc(N)ccc1S(=O)(=O)Cc1ccc2c(c1)B(O)OC2. The van der Waals surface area contributed by atoms with Crippen LogP contribution in [0.3, 0.4) is 0 Å². The molecule has 0 bridgehead atoms. The first-order valence-electron chi connectivity index (χ1n) is 8.34. The molecule has 0 amide bonds. The lowest BCUT2D eigenvalue weighted by atomic mass is 9.79. The number of anilines is 1. The molecule has 2 aromatic carbocycles. The van der Waals surface area contributed by atoms with E-state index in [0.29, 0.717) is 16.7 Å². The Labute approximate surface area is 159 Å². The summed E-state index contributed by atoms with van der Waals surface area (Å²) in [5.41, 5.74) is 8.04. The van der Waals surface area contributed by atoms with E-state index in [1.165, 1.54) is 25.1 Å². The lowest BCUT2D eigenvalue weighted by Gasteiger charge is -2.12. The minimum atomic E-state index is -3.82. The zero-order valence-electron chi connectivity index (χ0n) is 14.8. The first-order chi connectivity index (χ1) is 12.6. The van der Waals surface area contributed by atoms with Gasteiger partial charge in [0, 0.05) is 11.4 Å². The Hall–Kier alpha value is -1.88. The quantitative estimate of drug-likeness (QED) is 0.523. The van der Waals surface area contributed by atoms with Gasteiger partial charge in [0.1, 0.15) is 0 Å². The highest BCUT2D eigenvalue weighted by molar-refractivity contribution is 7.91. The smallest absolute Gasteiger partial charge is 0.423 e. The Morgan fingerprint density at radius 2 is 1.85 bits per heavy atom. The molecule has 0 aliphatic carbocycles. The van der Waals surface area contributed by atoms with E-state index in [4.69, 9.17) is 10.4 Å². The molecule has 1 aliphatic heterocycles. The van der Waals surface area contributed by atoms with Gasteiger partial charge in [0.2, 0.25) is 0 Å². The molecular formula is C17H20BNO6S2. The molecule has 0 aromatic heterocycles. The van der Waals surface area contributed by atoms with Gasteiger partial charge in [0.25, 0.3) is 0 Å². The molecule has 0 spiro atoms. The van der Waals surface area contributed by atoms with Crippen molar-refractivity contribution < 1.29 is 26.5 Å². The van der Waals surface area contributed by atoms with Gasteiger partial charge in [-0.15, -0.1) is 0 Å². The zero-order valence-corrected chi connectivity index (χ0v) is 16.4. The third-order valence-corrected chi connectivity index (χ3v) is 7.88. The second-order valence-electron chi connectivity index (χ2n) is 6.50. The highest BCUT2D eigenvalue weighted by atomic mass is 32.2. The molecule has 0 atom stereocenters. The zero-order chi connectivity index (χ0) is 19.8. The van der Waals surface area contributed by atoms with Gasteiger partial charge in [0.05, 0.1) is 23.0 Å². The number of nitrogen functional groups attached to an aromatic ring is 1. The summed E-state index contributed by atoms with van der Waals surface area (Å²) in [5, 5.41) is 9.80. The molecule has 0 radical (unpaired) electrons. The lowest BCUT2D eigenvalue weighted by molar-refractivity contribution is 0.275. The van der Waals surface area contributed by atoms with Crippen molar-refractivity contribution in [1.29, 1.82) is 0 Å². The molecular weight excluding hydrogens is 389 g/mol. The number of nitrogens with two attached hydrogens (primary N) is 1. The molecule has 144 valence electrons. The number of hydrogen-bond acceptors (Lipinski definition) is 7.